The third-order valence-electron chi connectivity index (χ3n) is 7.19. The van der Waals surface area contributed by atoms with Crippen molar-refractivity contribution in [2.45, 2.75) is 25.7 Å². The van der Waals surface area contributed by atoms with Gasteiger partial charge in [-0.25, -0.2) is 0 Å². The summed E-state index contributed by atoms with van der Waals surface area (Å²) in [6, 6.07) is 29.6. The van der Waals surface area contributed by atoms with E-state index < -0.39 is 0 Å². The highest BCUT2D eigenvalue weighted by Crippen LogP contribution is 2.22. The zero-order valence-corrected chi connectivity index (χ0v) is 20.0. The standard InChI is InChI=1S/C31H32N2O2/c34-30(11-5-6-22-12-14-24-7-1-3-9-26(24)18-22)28-20-32-21-29(28)31(35)33-17-16-23-13-15-25-8-2-4-10-27(25)19-23/h1-4,7-10,12-15,18-19,28-29,32H,5-6,11,16-17,20-21H2,(H,33,35)/t28-,29-/m1/s1. The van der Waals surface area contributed by atoms with Gasteiger partial charge in [0.15, 0.2) is 0 Å². The number of nitrogens with one attached hydrogen (secondary N) is 2. The monoisotopic (exact) mass is 464 g/mol. The van der Waals surface area contributed by atoms with Gasteiger partial charge in [0.1, 0.15) is 5.78 Å². The first-order valence-electron chi connectivity index (χ1n) is 12.6. The van der Waals surface area contributed by atoms with Crippen LogP contribution >= 0.6 is 0 Å². The van der Waals surface area contributed by atoms with Gasteiger partial charge < -0.3 is 10.6 Å². The molecule has 0 bridgehead atoms. The molecular formula is C31H32N2O2. The second-order valence-electron chi connectivity index (χ2n) is 9.60. The van der Waals surface area contributed by atoms with Crippen LogP contribution in [0.5, 0.6) is 0 Å². The lowest BCUT2D eigenvalue weighted by Crippen LogP contribution is -2.38. The van der Waals surface area contributed by atoms with E-state index in [9.17, 15) is 9.59 Å². The highest BCUT2D eigenvalue weighted by atomic mass is 16.2. The van der Waals surface area contributed by atoms with Crippen molar-refractivity contribution < 1.29 is 9.59 Å². The Labute approximate surface area is 206 Å². The van der Waals surface area contributed by atoms with Crippen LogP contribution < -0.4 is 10.6 Å². The van der Waals surface area contributed by atoms with Gasteiger partial charge in [0, 0.05) is 32.0 Å². The molecule has 5 rings (SSSR count). The highest BCUT2D eigenvalue weighted by Gasteiger charge is 2.36. The van der Waals surface area contributed by atoms with Crippen molar-refractivity contribution in [1.29, 1.82) is 0 Å². The largest absolute Gasteiger partial charge is 0.355 e. The van der Waals surface area contributed by atoms with Crippen molar-refractivity contribution in [3.8, 4) is 0 Å². The van der Waals surface area contributed by atoms with E-state index in [0.717, 1.165) is 19.3 Å². The van der Waals surface area contributed by atoms with Gasteiger partial charge in [0.25, 0.3) is 0 Å². The van der Waals surface area contributed by atoms with Gasteiger partial charge in [-0.2, -0.15) is 0 Å². The number of aryl methyl sites for hydroxylation is 1. The van der Waals surface area contributed by atoms with E-state index in [0.29, 0.717) is 26.1 Å². The molecule has 1 aliphatic heterocycles. The van der Waals surface area contributed by atoms with Crippen molar-refractivity contribution in [2.75, 3.05) is 19.6 Å². The molecule has 35 heavy (non-hydrogen) atoms. The van der Waals surface area contributed by atoms with Crippen LogP contribution in [-0.4, -0.2) is 31.3 Å². The van der Waals surface area contributed by atoms with Crippen molar-refractivity contribution in [1.82, 2.24) is 10.6 Å². The molecule has 2 atom stereocenters. The fourth-order valence-electron chi connectivity index (χ4n) is 5.19. The van der Waals surface area contributed by atoms with Crippen LogP contribution in [0.3, 0.4) is 0 Å². The topological polar surface area (TPSA) is 58.2 Å². The summed E-state index contributed by atoms with van der Waals surface area (Å²) in [5.41, 5.74) is 2.46. The Bertz CT molecular complexity index is 1240. The molecule has 0 aromatic heterocycles. The zero-order valence-electron chi connectivity index (χ0n) is 20.0. The molecule has 4 aromatic rings. The van der Waals surface area contributed by atoms with Crippen LogP contribution in [-0.2, 0) is 22.4 Å². The Morgan fingerprint density at radius 2 is 1.29 bits per heavy atom. The van der Waals surface area contributed by atoms with Gasteiger partial charge in [-0.1, -0.05) is 84.9 Å². The predicted octanol–water partition coefficient (Wildman–Crippen LogP) is 5.08. The maximum Gasteiger partial charge on any atom is 0.225 e. The van der Waals surface area contributed by atoms with Gasteiger partial charge in [-0.15, -0.1) is 0 Å². The maximum absolute atomic E-state index is 13.0. The SMILES string of the molecule is O=C(CCCc1ccc2ccccc2c1)[C@@H]1CNC[C@H]1C(=O)NCCc1ccc2ccccc2c1. The van der Waals surface area contributed by atoms with Gasteiger partial charge in [0.2, 0.25) is 5.91 Å². The summed E-state index contributed by atoms with van der Waals surface area (Å²) >= 11 is 0. The summed E-state index contributed by atoms with van der Waals surface area (Å²) < 4.78 is 0. The summed E-state index contributed by atoms with van der Waals surface area (Å²) in [4.78, 5) is 25.8. The number of ketones is 1. The minimum absolute atomic E-state index is 0.0105. The van der Waals surface area contributed by atoms with E-state index >= 15 is 0 Å². The van der Waals surface area contributed by atoms with Crippen LogP contribution in [0.25, 0.3) is 21.5 Å². The van der Waals surface area contributed by atoms with E-state index in [1.54, 1.807) is 0 Å². The Balaban J connectivity index is 1.10. The fourth-order valence-corrected chi connectivity index (χ4v) is 5.19. The van der Waals surface area contributed by atoms with Crippen LogP contribution in [0.15, 0.2) is 84.9 Å². The van der Waals surface area contributed by atoms with E-state index in [2.05, 4.69) is 77.4 Å². The Morgan fingerprint density at radius 3 is 1.94 bits per heavy atom. The number of carbonyl (C=O) groups is 2. The Hall–Kier alpha value is -3.50. The van der Waals surface area contributed by atoms with E-state index in [-0.39, 0.29) is 23.5 Å². The summed E-state index contributed by atoms with van der Waals surface area (Å²) in [5, 5.41) is 11.2. The normalized spacial score (nSPS) is 17.6. The minimum Gasteiger partial charge on any atom is -0.355 e. The average Bonchev–Trinajstić information content (AvgIpc) is 3.39. The second kappa shape index (κ2) is 10.8. The number of hydrogen-bond donors (Lipinski definition) is 2. The number of hydrogen-bond acceptors (Lipinski definition) is 3. The molecule has 1 saturated heterocycles. The van der Waals surface area contributed by atoms with Crippen LogP contribution in [0.4, 0.5) is 0 Å². The third kappa shape index (κ3) is 5.60. The van der Waals surface area contributed by atoms with Crippen LogP contribution in [0, 0.1) is 11.8 Å². The molecule has 0 unspecified atom stereocenters. The number of carbonyl (C=O) groups excluding carboxylic acids is 2. The lowest BCUT2D eigenvalue weighted by atomic mass is 9.88. The van der Waals surface area contributed by atoms with Gasteiger partial charge in [-0.3, -0.25) is 9.59 Å². The first kappa shape index (κ1) is 23.3. The van der Waals surface area contributed by atoms with Crippen molar-refractivity contribution >= 4 is 33.2 Å². The molecule has 0 aliphatic carbocycles. The average molecular weight is 465 g/mol. The number of benzene rings is 4. The molecule has 4 heteroatoms. The molecule has 2 N–H and O–H groups in total. The molecule has 4 nitrogen and oxygen atoms in total. The summed E-state index contributed by atoms with van der Waals surface area (Å²) in [7, 11) is 0. The van der Waals surface area contributed by atoms with E-state index in [4.69, 9.17) is 0 Å². The molecule has 4 aromatic carbocycles. The van der Waals surface area contributed by atoms with E-state index in [1.807, 2.05) is 18.2 Å². The summed E-state index contributed by atoms with van der Waals surface area (Å²) in [6.07, 6.45) is 2.98. The third-order valence-corrected chi connectivity index (χ3v) is 7.19. The molecule has 0 saturated carbocycles. The van der Waals surface area contributed by atoms with Crippen molar-refractivity contribution in [3.63, 3.8) is 0 Å². The zero-order chi connectivity index (χ0) is 24.0. The quantitative estimate of drug-likeness (QED) is 0.363. The van der Waals surface area contributed by atoms with Crippen molar-refractivity contribution in [3.05, 3.63) is 96.1 Å². The minimum atomic E-state index is -0.278. The number of Topliss-reactive ketones (excluding diaryl/α,β-unsaturated/α-hetero) is 1. The first-order valence-corrected chi connectivity index (χ1v) is 12.6. The van der Waals surface area contributed by atoms with Gasteiger partial charge >= 0.3 is 0 Å². The number of rotatable bonds is 9. The van der Waals surface area contributed by atoms with Crippen LogP contribution in [0.1, 0.15) is 24.0 Å². The second-order valence-corrected chi connectivity index (χ2v) is 9.60. The highest BCUT2D eigenvalue weighted by molar-refractivity contribution is 5.90. The maximum atomic E-state index is 13.0. The fraction of sp³-hybridized carbons (Fsp3) is 0.290. The number of fused-ring (bicyclic) bond motifs is 2. The summed E-state index contributed by atoms with van der Waals surface area (Å²) in [5.74, 6) is -0.318. The molecule has 178 valence electrons. The predicted molar refractivity (Wildman–Crippen MR) is 142 cm³/mol. The molecule has 1 heterocycles. The van der Waals surface area contributed by atoms with Gasteiger partial charge in [-0.05, 0) is 51.9 Å². The van der Waals surface area contributed by atoms with Gasteiger partial charge in [0.05, 0.1) is 5.92 Å². The Morgan fingerprint density at radius 1 is 0.714 bits per heavy atom. The number of amides is 1. The molecule has 1 fully saturated rings. The molecular weight excluding hydrogens is 432 g/mol. The lowest BCUT2D eigenvalue weighted by Gasteiger charge is -2.17. The first-order chi connectivity index (χ1) is 17.2. The lowest BCUT2D eigenvalue weighted by molar-refractivity contribution is -0.131. The smallest absolute Gasteiger partial charge is 0.225 e. The van der Waals surface area contributed by atoms with Crippen molar-refractivity contribution in [2.24, 2.45) is 11.8 Å². The van der Waals surface area contributed by atoms with Crippen LogP contribution in [0.2, 0.25) is 0 Å². The molecule has 0 spiro atoms. The molecule has 0 radical (unpaired) electrons. The molecule has 1 aliphatic rings. The summed E-state index contributed by atoms with van der Waals surface area (Å²) in [6.45, 7) is 1.75. The van der Waals surface area contributed by atoms with E-state index in [1.165, 1.54) is 32.7 Å². The molecule has 1 amide bonds. The Kier molecular flexibility index (Phi) is 7.20.